The van der Waals surface area contributed by atoms with Gasteiger partial charge < -0.3 is 20.1 Å². The monoisotopic (exact) mass is 311 g/mol. The largest absolute Gasteiger partial charge is 0.485 e. The van der Waals surface area contributed by atoms with Crippen LogP contribution in [-0.2, 0) is 0 Å². The summed E-state index contributed by atoms with van der Waals surface area (Å²) in [7, 11) is 0. The van der Waals surface area contributed by atoms with Gasteiger partial charge in [-0.25, -0.2) is 0 Å². The van der Waals surface area contributed by atoms with E-state index in [4.69, 9.17) is 15.3 Å². The van der Waals surface area contributed by atoms with E-state index in [1.165, 1.54) is 0 Å². The van der Waals surface area contributed by atoms with Gasteiger partial charge in [-0.05, 0) is 32.0 Å². The van der Waals surface area contributed by atoms with Crippen LogP contribution in [-0.4, -0.2) is 40.8 Å². The molecule has 0 spiro atoms. The third kappa shape index (κ3) is 2.45. The molecule has 0 bridgehead atoms. The summed E-state index contributed by atoms with van der Waals surface area (Å²) in [5.41, 5.74) is 0.423. The predicted octanol–water partition coefficient (Wildman–Crippen LogP) is 0.874. The Morgan fingerprint density at radius 3 is 2.91 bits per heavy atom. The second-order valence-corrected chi connectivity index (χ2v) is 6.12. The van der Waals surface area contributed by atoms with E-state index in [0.717, 1.165) is 5.56 Å². The van der Waals surface area contributed by atoms with Gasteiger partial charge in [0.05, 0.1) is 17.7 Å². The topological polar surface area (TPSA) is 105 Å². The number of nitrogens with one attached hydrogen (secondary N) is 1. The molecule has 7 nitrogen and oxygen atoms in total. The van der Waals surface area contributed by atoms with E-state index < -0.39 is 17.7 Å². The summed E-state index contributed by atoms with van der Waals surface area (Å²) in [5.74, 6) is 1.06. The van der Waals surface area contributed by atoms with Crippen molar-refractivity contribution in [1.82, 2.24) is 10.2 Å². The SMILES string of the molecule is CC1(C)Oc2ccc(C#N)cc2[C@@H](N2CCNC2=NC#N)[C@@H]1O. The molecule has 118 valence electrons. The molecule has 0 aliphatic carbocycles. The smallest absolute Gasteiger partial charge is 0.210 e. The standard InChI is InChI=1S/C16H17N5O2/c1-16(2)14(22)13(21-6-5-19-15(21)20-9-18)11-7-10(8-17)3-4-12(11)23-16/h3-4,7,13-14,22H,5-6H2,1-2H3,(H,19,20)/t13-,14+/m1/s1. The Kier molecular flexibility index (Phi) is 3.59. The molecule has 2 aliphatic heterocycles. The number of rotatable bonds is 1. The normalized spacial score (nSPS) is 26.7. The number of fused-ring (bicyclic) bond motifs is 1. The first-order valence-electron chi connectivity index (χ1n) is 7.36. The van der Waals surface area contributed by atoms with Gasteiger partial charge in [-0.1, -0.05) is 0 Å². The van der Waals surface area contributed by atoms with Crippen LogP contribution < -0.4 is 10.1 Å². The van der Waals surface area contributed by atoms with Crippen LogP contribution >= 0.6 is 0 Å². The highest BCUT2D eigenvalue weighted by molar-refractivity contribution is 5.83. The fourth-order valence-electron chi connectivity index (χ4n) is 3.09. The van der Waals surface area contributed by atoms with Crippen molar-refractivity contribution in [3.63, 3.8) is 0 Å². The van der Waals surface area contributed by atoms with Gasteiger partial charge in [0.25, 0.3) is 0 Å². The molecular formula is C16H17N5O2. The van der Waals surface area contributed by atoms with Crippen molar-refractivity contribution in [2.75, 3.05) is 13.1 Å². The molecule has 1 aromatic carbocycles. The van der Waals surface area contributed by atoms with Gasteiger partial charge in [-0.3, -0.25) is 0 Å². The third-order valence-electron chi connectivity index (χ3n) is 4.24. The quantitative estimate of drug-likeness (QED) is 0.746. The Bertz CT molecular complexity index is 744. The molecular weight excluding hydrogens is 294 g/mol. The van der Waals surface area contributed by atoms with Crippen LogP contribution in [0.1, 0.15) is 31.0 Å². The van der Waals surface area contributed by atoms with Crippen LogP contribution in [0.3, 0.4) is 0 Å². The van der Waals surface area contributed by atoms with Crippen molar-refractivity contribution in [2.24, 2.45) is 4.99 Å². The Morgan fingerprint density at radius 1 is 1.43 bits per heavy atom. The molecule has 7 heteroatoms. The van der Waals surface area contributed by atoms with Gasteiger partial charge in [-0.2, -0.15) is 10.5 Å². The number of nitriles is 2. The van der Waals surface area contributed by atoms with Crippen LogP contribution in [0.4, 0.5) is 0 Å². The van der Waals surface area contributed by atoms with Crippen LogP contribution in [0.25, 0.3) is 0 Å². The Hall–Kier alpha value is -2.77. The third-order valence-corrected chi connectivity index (χ3v) is 4.24. The Morgan fingerprint density at radius 2 is 2.22 bits per heavy atom. The molecule has 2 aliphatic rings. The summed E-state index contributed by atoms with van der Waals surface area (Å²) in [6, 6.07) is 6.83. The van der Waals surface area contributed by atoms with Gasteiger partial charge in [0.1, 0.15) is 17.5 Å². The van der Waals surface area contributed by atoms with Crippen molar-refractivity contribution in [3.05, 3.63) is 29.3 Å². The maximum atomic E-state index is 10.8. The second kappa shape index (κ2) is 5.45. The second-order valence-electron chi connectivity index (χ2n) is 6.12. The Balaban J connectivity index is 2.13. The number of hydrogen-bond donors (Lipinski definition) is 2. The zero-order valence-electron chi connectivity index (χ0n) is 12.9. The highest BCUT2D eigenvalue weighted by Gasteiger charge is 2.47. The predicted molar refractivity (Wildman–Crippen MR) is 82.4 cm³/mol. The van der Waals surface area contributed by atoms with Crippen molar-refractivity contribution in [1.29, 1.82) is 10.5 Å². The first kappa shape index (κ1) is 15.1. The molecule has 0 radical (unpaired) electrons. The van der Waals surface area contributed by atoms with Gasteiger partial charge in [0, 0.05) is 18.7 Å². The summed E-state index contributed by atoms with van der Waals surface area (Å²) < 4.78 is 5.90. The lowest BCUT2D eigenvalue weighted by Gasteiger charge is -2.45. The number of benzene rings is 1. The fourth-order valence-corrected chi connectivity index (χ4v) is 3.09. The molecule has 3 rings (SSSR count). The van der Waals surface area contributed by atoms with Crippen LogP contribution in [0, 0.1) is 22.8 Å². The van der Waals surface area contributed by atoms with Gasteiger partial charge >= 0.3 is 0 Å². The van der Waals surface area contributed by atoms with Gasteiger partial charge in [0.2, 0.25) is 12.2 Å². The molecule has 0 amide bonds. The first-order chi connectivity index (χ1) is 11.0. The molecule has 0 saturated carbocycles. The van der Waals surface area contributed by atoms with E-state index in [-0.39, 0.29) is 0 Å². The van der Waals surface area contributed by atoms with Crippen molar-refractivity contribution in [2.45, 2.75) is 31.6 Å². The lowest BCUT2D eigenvalue weighted by molar-refractivity contribution is -0.0800. The summed E-state index contributed by atoms with van der Waals surface area (Å²) in [6.07, 6.45) is 0.939. The zero-order valence-corrected chi connectivity index (χ0v) is 12.9. The molecule has 2 N–H and O–H groups in total. The minimum Gasteiger partial charge on any atom is -0.485 e. The number of aliphatic hydroxyl groups is 1. The number of nitrogens with zero attached hydrogens (tertiary/aromatic N) is 4. The van der Waals surface area contributed by atoms with Crippen molar-refractivity contribution in [3.8, 4) is 18.0 Å². The Labute approximate surface area is 134 Å². The van der Waals surface area contributed by atoms with Crippen LogP contribution in [0.2, 0.25) is 0 Å². The molecule has 23 heavy (non-hydrogen) atoms. The number of aliphatic hydroxyl groups excluding tert-OH is 1. The van der Waals surface area contributed by atoms with E-state index >= 15 is 0 Å². The zero-order chi connectivity index (χ0) is 16.6. The summed E-state index contributed by atoms with van der Waals surface area (Å²) in [4.78, 5) is 5.66. The lowest BCUT2D eigenvalue weighted by atomic mass is 9.85. The average Bonchev–Trinajstić information content (AvgIpc) is 2.96. The first-order valence-corrected chi connectivity index (χ1v) is 7.36. The van der Waals surface area contributed by atoms with Crippen molar-refractivity contribution < 1.29 is 9.84 Å². The van der Waals surface area contributed by atoms with Crippen molar-refractivity contribution >= 4 is 5.96 Å². The van der Waals surface area contributed by atoms with E-state index in [2.05, 4.69) is 16.4 Å². The minimum atomic E-state index is -0.840. The summed E-state index contributed by atoms with van der Waals surface area (Å²) >= 11 is 0. The molecule has 1 saturated heterocycles. The number of hydrogen-bond acceptors (Lipinski definition) is 5. The summed E-state index contributed by atoms with van der Waals surface area (Å²) in [5, 5.41) is 31.9. The highest BCUT2D eigenvalue weighted by atomic mass is 16.5. The van der Waals surface area contributed by atoms with E-state index in [1.54, 1.807) is 24.4 Å². The van der Waals surface area contributed by atoms with Crippen LogP contribution in [0.5, 0.6) is 5.75 Å². The summed E-state index contributed by atoms with van der Waals surface area (Å²) in [6.45, 7) is 4.87. The number of guanidine groups is 1. The molecule has 2 atom stereocenters. The number of aliphatic imine (C=N–C) groups is 1. The van der Waals surface area contributed by atoms with Gasteiger partial charge in [-0.15, -0.1) is 4.99 Å². The van der Waals surface area contributed by atoms with E-state index in [9.17, 15) is 5.11 Å². The maximum Gasteiger partial charge on any atom is 0.210 e. The maximum absolute atomic E-state index is 10.8. The molecule has 0 unspecified atom stereocenters. The van der Waals surface area contributed by atoms with E-state index in [0.29, 0.717) is 30.4 Å². The highest BCUT2D eigenvalue weighted by Crippen LogP contribution is 2.43. The fraction of sp³-hybridized carbons (Fsp3) is 0.438. The van der Waals surface area contributed by atoms with Crippen LogP contribution in [0.15, 0.2) is 23.2 Å². The lowest BCUT2D eigenvalue weighted by Crippen LogP contribution is -2.54. The van der Waals surface area contributed by atoms with E-state index in [1.807, 2.05) is 18.7 Å². The molecule has 1 aromatic rings. The average molecular weight is 311 g/mol. The number of ether oxygens (including phenoxy) is 1. The minimum absolute atomic E-state index is 0.433. The molecule has 2 heterocycles. The van der Waals surface area contributed by atoms with Gasteiger partial charge in [0.15, 0.2) is 0 Å². The molecule has 0 aromatic heterocycles. The molecule has 1 fully saturated rings.